The zero-order valence-corrected chi connectivity index (χ0v) is 10.1. The van der Waals surface area contributed by atoms with Gasteiger partial charge in [0.15, 0.2) is 11.5 Å². The van der Waals surface area contributed by atoms with Gasteiger partial charge in [0.1, 0.15) is 0 Å². The van der Waals surface area contributed by atoms with E-state index in [1.165, 1.54) is 0 Å². The van der Waals surface area contributed by atoms with Crippen LogP contribution in [0.25, 0.3) is 0 Å². The van der Waals surface area contributed by atoms with Gasteiger partial charge in [-0.2, -0.15) is 8.78 Å². The van der Waals surface area contributed by atoms with Crippen molar-refractivity contribution in [1.29, 1.82) is 0 Å². The Labute approximate surface area is 105 Å². The average Bonchev–Trinajstić information content (AvgIpc) is 2.13. The number of carbonyl (C=O) groups excluding carboxylic acids is 1. The predicted octanol–water partition coefficient (Wildman–Crippen LogP) is 4.45. The highest BCUT2D eigenvalue weighted by molar-refractivity contribution is 6.45. The molecule has 0 amide bonds. The lowest BCUT2D eigenvalue weighted by Gasteiger charge is -2.12. The van der Waals surface area contributed by atoms with Crippen LogP contribution in [-0.4, -0.2) is 12.4 Å². The summed E-state index contributed by atoms with van der Waals surface area (Å²) in [5, 5.41) is -0.354. The topological polar surface area (TPSA) is 26.3 Å². The largest absolute Gasteiger partial charge is 0.432 e. The normalized spacial score (nSPS) is 10.7. The standard InChI is InChI=1S/C9H5Cl3F2O2/c1-3(15)6-7(12)4(10)2-5(11)8(6)16-9(13)14/h2,9H,1H3. The summed E-state index contributed by atoms with van der Waals surface area (Å²) in [6.45, 7) is -1.96. The molecule has 2 nitrogen and oxygen atoms in total. The Bertz CT molecular complexity index is 435. The van der Waals surface area contributed by atoms with Crippen LogP contribution >= 0.6 is 34.8 Å². The second-order valence-electron chi connectivity index (χ2n) is 2.79. The minimum absolute atomic E-state index is 0.00140. The van der Waals surface area contributed by atoms with Crippen LogP contribution in [0, 0.1) is 0 Å². The number of carbonyl (C=O) groups is 1. The number of hydrogen-bond acceptors (Lipinski definition) is 2. The van der Waals surface area contributed by atoms with Crippen LogP contribution in [0.15, 0.2) is 6.07 Å². The van der Waals surface area contributed by atoms with Crippen LogP contribution < -0.4 is 4.74 Å². The number of alkyl halides is 2. The highest BCUT2D eigenvalue weighted by Gasteiger charge is 2.22. The smallest absolute Gasteiger partial charge is 0.387 e. The molecule has 0 radical (unpaired) electrons. The van der Waals surface area contributed by atoms with E-state index in [1.807, 2.05) is 0 Å². The Morgan fingerprint density at radius 3 is 2.31 bits per heavy atom. The van der Waals surface area contributed by atoms with Crippen LogP contribution in [0.5, 0.6) is 5.75 Å². The summed E-state index contributed by atoms with van der Waals surface area (Å²) >= 11 is 17.0. The molecular formula is C9H5Cl3F2O2. The summed E-state index contributed by atoms with van der Waals surface area (Å²) in [6, 6.07) is 1.13. The molecule has 0 aromatic heterocycles. The van der Waals surface area contributed by atoms with Crippen molar-refractivity contribution in [2.45, 2.75) is 13.5 Å². The summed E-state index contributed by atoms with van der Waals surface area (Å²) in [5.74, 6) is -1.02. The Morgan fingerprint density at radius 2 is 1.88 bits per heavy atom. The van der Waals surface area contributed by atoms with Crippen molar-refractivity contribution in [2.24, 2.45) is 0 Å². The monoisotopic (exact) mass is 288 g/mol. The molecule has 0 N–H and O–H groups in total. The van der Waals surface area contributed by atoms with Gasteiger partial charge in [0, 0.05) is 0 Å². The van der Waals surface area contributed by atoms with E-state index >= 15 is 0 Å². The summed E-state index contributed by atoms with van der Waals surface area (Å²) in [5.41, 5.74) is -0.250. The molecule has 0 aliphatic rings. The second-order valence-corrected chi connectivity index (χ2v) is 3.99. The molecule has 1 rings (SSSR count). The van der Waals surface area contributed by atoms with Crippen LogP contribution in [0.2, 0.25) is 15.1 Å². The third-order valence-electron chi connectivity index (χ3n) is 1.69. The first-order valence-corrected chi connectivity index (χ1v) is 5.11. The maximum absolute atomic E-state index is 12.1. The zero-order valence-electron chi connectivity index (χ0n) is 7.86. The summed E-state index contributed by atoms with van der Waals surface area (Å²) in [4.78, 5) is 11.2. The SMILES string of the molecule is CC(=O)c1c(Cl)c(Cl)cc(Cl)c1OC(F)F. The van der Waals surface area contributed by atoms with Crippen molar-refractivity contribution in [2.75, 3.05) is 0 Å². The minimum Gasteiger partial charge on any atom is -0.432 e. The molecule has 0 fully saturated rings. The number of Topliss-reactive ketones (excluding diaryl/α,β-unsaturated/α-hetero) is 1. The van der Waals surface area contributed by atoms with Gasteiger partial charge in [-0.15, -0.1) is 0 Å². The lowest BCUT2D eigenvalue weighted by atomic mass is 10.1. The fourth-order valence-corrected chi connectivity index (χ4v) is 1.88. The van der Waals surface area contributed by atoms with Gasteiger partial charge in [0.05, 0.1) is 20.6 Å². The van der Waals surface area contributed by atoms with E-state index in [0.29, 0.717) is 0 Å². The van der Waals surface area contributed by atoms with Gasteiger partial charge in [-0.1, -0.05) is 34.8 Å². The molecule has 0 aliphatic heterocycles. The number of halogens is 5. The van der Waals surface area contributed by atoms with Gasteiger partial charge in [0.25, 0.3) is 0 Å². The summed E-state index contributed by atoms with van der Waals surface area (Å²) in [6.07, 6.45) is 0. The Morgan fingerprint density at radius 1 is 1.31 bits per heavy atom. The number of hydrogen-bond donors (Lipinski definition) is 0. The molecule has 0 bridgehead atoms. The molecule has 7 heteroatoms. The maximum Gasteiger partial charge on any atom is 0.387 e. The van der Waals surface area contributed by atoms with Crippen molar-refractivity contribution in [3.8, 4) is 5.75 Å². The van der Waals surface area contributed by atoms with Crippen molar-refractivity contribution in [3.63, 3.8) is 0 Å². The lowest BCUT2D eigenvalue weighted by Crippen LogP contribution is -2.08. The third kappa shape index (κ3) is 2.75. The molecule has 0 spiro atoms. The van der Waals surface area contributed by atoms with Crippen molar-refractivity contribution in [3.05, 3.63) is 26.7 Å². The summed E-state index contributed by atoms with van der Waals surface area (Å²) in [7, 11) is 0. The Hall–Kier alpha value is -0.580. The fraction of sp³-hybridized carbons (Fsp3) is 0.222. The predicted molar refractivity (Wildman–Crippen MR) is 58.1 cm³/mol. The number of benzene rings is 1. The molecule has 0 saturated carbocycles. The van der Waals surface area contributed by atoms with Gasteiger partial charge in [-0.05, 0) is 13.0 Å². The van der Waals surface area contributed by atoms with Gasteiger partial charge in [0.2, 0.25) is 0 Å². The van der Waals surface area contributed by atoms with E-state index in [1.54, 1.807) is 0 Å². The van der Waals surface area contributed by atoms with Crippen molar-refractivity contribution in [1.82, 2.24) is 0 Å². The number of rotatable bonds is 3. The van der Waals surface area contributed by atoms with E-state index in [9.17, 15) is 13.6 Å². The van der Waals surface area contributed by atoms with E-state index in [4.69, 9.17) is 34.8 Å². The zero-order chi connectivity index (χ0) is 12.5. The molecule has 0 atom stereocenters. The molecule has 0 saturated heterocycles. The molecule has 0 aliphatic carbocycles. The molecule has 0 heterocycles. The van der Waals surface area contributed by atoms with Crippen LogP contribution in [0.4, 0.5) is 8.78 Å². The molecule has 1 aromatic rings. The molecule has 1 aromatic carbocycles. The quantitative estimate of drug-likeness (QED) is 0.607. The van der Waals surface area contributed by atoms with Gasteiger partial charge in [-0.25, -0.2) is 0 Å². The Kier molecular flexibility index (Phi) is 4.35. The Balaban J connectivity index is 3.44. The number of ketones is 1. The van der Waals surface area contributed by atoms with Gasteiger partial charge >= 0.3 is 6.61 Å². The highest BCUT2D eigenvalue weighted by atomic mass is 35.5. The lowest BCUT2D eigenvalue weighted by molar-refractivity contribution is -0.0500. The molecule has 88 valence electrons. The first kappa shape index (κ1) is 13.5. The van der Waals surface area contributed by atoms with Gasteiger partial charge in [-0.3, -0.25) is 4.79 Å². The van der Waals surface area contributed by atoms with Crippen LogP contribution in [0.3, 0.4) is 0 Å². The first-order valence-electron chi connectivity index (χ1n) is 3.97. The van der Waals surface area contributed by atoms with E-state index in [0.717, 1.165) is 13.0 Å². The minimum atomic E-state index is -3.10. The number of ether oxygens (including phenoxy) is 1. The van der Waals surface area contributed by atoms with Gasteiger partial charge < -0.3 is 4.74 Å². The van der Waals surface area contributed by atoms with E-state index < -0.39 is 18.1 Å². The van der Waals surface area contributed by atoms with E-state index in [2.05, 4.69) is 4.74 Å². The van der Waals surface area contributed by atoms with Crippen LogP contribution in [-0.2, 0) is 0 Å². The fourth-order valence-electron chi connectivity index (χ4n) is 1.10. The molecule has 16 heavy (non-hydrogen) atoms. The second kappa shape index (κ2) is 5.17. The van der Waals surface area contributed by atoms with Crippen molar-refractivity contribution >= 4 is 40.6 Å². The third-order valence-corrected chi connectivity index (χ3v) is 2.75. The average molecular weight is 289 g/mol. The summed E-state index contributed by atoms with van der Waals surface area (Å²) < 4.78 is 28.4. The molecular weight excluding hydrogens is 284 g/mol. The molecule has 0 unspecified atom stereocenters. The maximum atomic E-state index is 12.1. The van der Waals surface area contributed by atoms with Crippen molar-refractivity contribution < 1.29 is 18.3 Å². The first-order chi connectivity index (χ1) is 7.34. The van der Waals surface area contributed by atoms with E-state index in [-0.39, 0.29) is 20.6 Å². The highest BCUT2D eigenvalue weighted by Crippen LogP contribution is 2.40. The van der Waals surface area contributed by atoms with Crippen LogP contribution in [0.1, 0.15) is 17.3 Å².